The number of para-hydroxylation sites is 1. The predicted molar refractivity (Wildman–Crippen MR) is 122 cm³/mol. The van der Waals surface area contributed by atoms with Gasteiger partial charge in [0.15, 0.2) is 11.6 Å². The molecule has 3 aromatic heterocycles. The van der Waals surface area contributed by atoms with E-state index < -0.39 is 16.6 Å². The molecule has 0 aliphatic carbocycles. The molecule has 0 saturated carbocycles. The van der Waals surface area contributed by atoms with E-state index in [9.17, 15) is 13.4 Å². The minimum absolute atomic E-state index is 0.0280. The number of anilines is 2. The molecule has 1 aromatic carbocycles. The third-order valence-electron chi connectivity index (χ3n) is 5.38. The van der Waals surface area contributed by atoms with Crippen LogP contribution in [-0.2, 0) is 17.2 Å². The summed E-state index contributed by atoms with van der Waals surface area (Å²) in [6.45, 7) is 0.493. The van der Waals surface area contributed by atoms with Gasteiger partial charge in [-0.3, -0.25) is 14.0 Å². The molecule has 1 aliphatic heterocycles. The number of carbonyl (C=O) groups is 1. The van der Waals surface area contributed by atoms with Crippen LogP contribution in [0.1, 0.15) is 16.1 Å². The Bertz CT molecular complexity index is 1440. The zero-order valence-corrected chi connectivity index (χ0v) is 18.5. The smallest absolute Gasteiger partial charge is 0.255 e. The second-order valence-corrected chi connectivity index (χ2v) is 8.65. The SMILES string of the molecule is COc1c(F)cccc1Nc1c(-c2ccnc3cnc(S(C)=O)nc23)[nH]c2c1C(=O)NCC2. The van der Waals surface area contributed by atoms with Crippen molar-refractivity contribution in [2.75, 3.05) is 25.2 Å². The molecule has 1 aliphatic rings. The van der Waals surface area contributed by atoms with Crippen LogP contribution in [0.4, 0.5) is 15.8 Å². The maximum atomic E-state index is 14.3. The minimum Gasteiger partial charge on any atom is -0.492 e. The lowest BCUT2D eigenvalue weighted by Gasteiger charge is -2.16. The van der Waals surface area contributed by atoms with Crippen LogP contribution in [0.3, 0.4) is 0 Å². The van der Waals surface area contributed by atoms with Gasteiger partial charge >= 0.3 is 0 Å². The number of aromatic amines is 1. The molecule has 0 fully saturated rings. The molecule has 4 heterocycles. The molecule has 3 N–H and O–H groups in total. The van der Waals surface area contributed by atoms with Gasteiger partial charge in [0.25, 0.3) is 5.91 Å². The van der Waals surface area contributed by atoms with Gasteiger partial charge in [0.1, 0.15) is 11.0 Å². The first-order valence-electron chi connectivity index (χ1n) is 10.1. The Morgan fingerprint density at radius 2 is 2.09 bits per heavy atom. The number of hydrogen-bond acceptors (Lipinski definition) is 7. The zero-order chi connectivity index (χ0) is 23.1. The maximum absolute atomic E-state index is 14.3. The summed E-state index contributed by atoms with van der Waals surface area (Å²) < 4.78 is 31.6. The Hall–Kier alpha value is -3.86. The highest BCUT2D eigenvalue weighted by Gasteiger charge is 2.28. The van der Waals surface area contributed by atoms with Crippen molar-refractivity contribution in [2.24, 2.45) is 0 Å². The van der Waals surface area contributed by atoms with Crippen molar-refractivity contribution in [1.29, 1.82) is 0 Å². The van der Waals surface area contributed by atoms with Crippen molar-refractivity contribution in [2.45, 2.75) is 11.6 Å². The van der Waals surface area contributed by atoms with Gasteiger partial charge in [0.2, 0.25) is 5.16 Å². The largest absolute Gasteiger partial charge is 0.492 e. The van der Waals surface area contributed by atoms with Crippen LogP contribution in [0.2, 0.25) is 0 Å². The highest BCUT2D eigenvalue weighted by atomic mass is 32.2. The number of nitrogens with zero attached hydrogens (tertiary/aromatic N) is 3. The number of rotatable bonds is 5. The molecule has 33 heavy (non-hydrogen) atoms. The lowest BCUT2D eigenvalue weighted by atomic mass is 10.0. The Morgan fingerprint density at radius 3 is 2.88 bits per heavy atom. The molecule has 1 atom stereocenters. The highest BCUT2D eigenvalue weighted by Crippen LogP contribution is 2.40. The molecule has 9 nitrogen and oxygen atoms in total. The fourth-order valence-electron chi connectivity index (χ4n) is 3.92. The van der Waals surface area contributed by atoms with Crippen LogP contribution in [0.5, 0.6) is 5.75 Å². The van der Waals surface area contributed by atoms with Crippen LogP contribution in [0.25, 0.3) is 22.3 Å². The average Bonchev–Trinajstić information content (AvgIpc) is 3.17. The summed E-state index contributed by atoms with van der Waals surface area (Å²) >= 11 is 0. The number of hydrogen-bond donors (Lipinski definition) is 3. The number of benzene rings is 1. The Kier molecular flexibility index (Phi) is 5.25. The van der Waals surface area contributed by atoms with E-state index in [4.69, 9.17) is 4.74 Å². The molecule has 11 heteroatoms. The molecule has 4 aromatic rings. The van der Waals surface area contributed by atoms with Gasteiger partial charge in [0, 0.05) is 36.7 Å². The van der Waals surface area contributed by atoms with E-state index in [1.165, 1.54) is 25.6 Å². The van der Waals surface area contributed by atoms with Gasteiger partial charge < -0.3 is 20.4 Å². The summed E-state index contributed by atoms with van der Waals surface area (Å²) in [6, 6.07) is 6.26. The van der Waals surface area contributed by atoms with Crippen molar-refractivity contribution < 1.29 is 18.1 Å². The standard InChI is InChI=1S/C22H19FN6O3S/c1-32-20-12(23)4-3-5-14(20)28-19-16-13(7-9-25-21(16)30)27-18(19)11-6-8-24-15-10-26-22(33(2)31)29-17(11)15/h3-6,8,10,27-28H,7,9H2,1-2H3,(H,25,30). The number of pyridine rings is 1. The van der Waals surface area contributed by atoms with Gasteiger partial charge in [-0.25, -0.2) is 14.4 Å². The van der Waals surface area contributed by atoms with Crippen molar-refractivity contribution in [1.82, 2.24) is 25.3 Å². The Morgan fingerprint density at radius 1 is 1.24 bits per heavy atom. The van der Waals surface area contributed by atoms with Crippen molar-refractivity contribution >= 4 is 39.1 Å². The number of carbonyl (C=O) groups excluding carboxylic acids is 1. The molecule has 0 spiro atoms. The van der Waals surface area contributed by atoms with Gasteiger partial charge in [0.05, 0.1) is 46.7 Å². The molecule has 1 unspecified atom stereocenters. The third kappa shape index (κ3) is 3.59. The number of fused-ring (bicyclic) bond motifs is 2. The number of ether oxygens (including phenoxy) is 1. The van der Waals surface area contributed by atoms with Crippen LogP contribution >= 0.6 is 0 Å². The Labute approximate surface area is 190 Å². The molecular formula is C22H19FN6O3S. The fraction of sp³-hybridized carbons (Fsp3) is 0.182. The summed E-state index contributed by atoms with van der Waals surface area (Å²) in [5.41, 5.74) is 4.18. The quantitative estimate of drug-likeness (QED) is 0.387. The molecule has 5 rings (SSSR count). The molecule has 0 saturated heterocycles. The van der Waals surface area contributed by atoms with Crippen molar-refractivity contribution in [3.8, 4) is 17.0 Å². The van der Waals surface area contributed by atoms with E-state index in [-0.39, 0.29) is 16.8 Å². The van der Waals surface area contributed by atoms with Gasteiger partial charge in [-0.15, -0.1) is 0 Å². The van der Waals surface area contributed by atoms with Crippen LogP contribution in [-0.4, -0.2) is 50.0 Å². The third-order valence-corrected chi connectivity index (χ3v) is 6.09. The lowest BCUT2D eigenvalue weighted by molar-refractivity contribution is 0.0947. The maximum Gasteiger partial charge on any atom is 0.255 e. The predicted octanol–water partition coefficient (Wildman–Crippen LogP) is 2.93. The minimum atomic E-state index is -1.39. The van der Waals surface area contributed by atoms with Crippen LogP contribution < -0.4 is 15.4 Å². The molecule has 0 radical (unpaired) electrons. The highest BCUT2D eigenvalue weighted by molar-refractivity contribution is 7.84. The number of aromatic nitrogens is 4. The number of H-pyrrole nitrogens is 1. The van der Waals surface area contributed by atoms with Crippen LogP contribution in [0, 0.1) is 5.82 Å². The zero-order valence-electron chi connectivity index (χ0n) is 17.7. The van der Waals surface area contributed by atoms with Gasteiger partial charge in [-0.2, -0.15) is 0 Å². The average molecular weight is 466 g/mol. The van der Waals surface area contributed by atoms with Gasteiger partial charge in [-0.1, -0.05) is 6.07 Å². The second kappa shape index (κ2) is 8.24. The van der Waals surface area contributed by atoms with E-state index in [1.54, 1.807) is 24.4 Å². The normalized spacial score (nSPS) is 14.0. The first kappa shape index (κ1) is 21.0. The fourth-order valence-corrected chi connectivity index (χ4v) is 4.34. The van der Waals surface area contributed by atoms with Crippen molar-refractivity contribution in [3.05, 3.63) is 53.7 Å². The Balaban J connectivity index is 1.76. The second-order valence-electron chi connectivity index (χ2n) is 7.38. The molecule has 0 bridgehead atoms. The summed E-state index contributed by atoms with van der Waals surface area (Å²) in [5.74, 6) is -0.754. The van der Waals surface area contributed by atoms with E-state index in [0.29, 0.717) is 52.2 Å². The van der Waals surface area contributed by atoms with E-state index in [0.717, 1.165) is 5.69 Å². The first-order valence-corrected chi connectivity index (χ1v) is 11.6. The van der Waals surface area contributed by atoms with Crippen molar-refractivity contribution in [3.63, 3.8) is 0 Å². The van der Waals surface area contributed by atoms with E-state index >= 15 is 0 Å². The summed E-state index contributed by atoms with van der Waals surface area (Å²) in [5, 5.41) is 6.21. The number of nitrogens with one attached hydrogen (secondary N) is 3. The summed E-state index contributed by atoms with van der Waals surface area (Å²) in [4.78, 5) is 29.0. The topological polar surface area (TPSA) is 122 Å². The number of methoxy groups -OCH3 is 1. The van der Waals surface area contributed by atoms with Crippen LogP contribution in [0.15, 0.2) is 41.8 Å². The summed E-state index contributed by atoms with van der Waals surface area (Å²) in [6.07, 6.45) is 5.22. The number of halogens is 1. The molecule has 168 valence electrons. The lowest BCUT2D eigenvalue weighted by Crippen LogP contribution is -2.31. The van der Waals surface area contributed by atoms with E-state index in [2.05, 4.69) is 30.6 Å². The summed E-state index contributed by atoms with van der Waals surface area (Å²) in [7, 11) is -0.0113. The first-order chi connectivity index (χ1) is 16.0. The molecule has 1 amide bonds. The van der Waals surface area contributed by atoms with Gasteiger partial charge in [-0.05, 0) is 18.2 Å². The number of amides is 1. The van der Waals surface area contributed by atoms with E-state index in [1.807, 2.05) is 0 Å². The monoisotopic (exact) mass is 466 g/mol. The molecular weight excluding hydrogens is 447 g/mol.